The van der Waals surface area contributed by atoms with E-state index in [1.807, 2.05) is 72.8 Å². The van der Waals surface area contributed by atoms with Crippen molar-refractivity contribution in [2.45, 2.75) is 0 Å². The van der Waals surface area contributed by atoms with Gasteiger partial charge in [0.25, 0.3) is 0 Å². The lowest BCUT2D eigenvalue weighted by Crippen LogP contribution is -2.03. The monoisotopic (exact) mass is 1010 g/mol. The summed E-state index contributed by atoms with van der Waals surface area (Å²) in [5.74, 6) is 0.624. The minimum Gasteiger partial charge on any atom is -0.309 e. The van der Waals surface area contributed by atoms with Gasteiger partial charge in [-0.2, -0.15) is 10.5 Å². The van der Waals surface area contributed by atoms with E-state index in [1.54, 1.807) is 0 Å². The Morgan fingerprint density at radius 3 is 1.06 bits per heavy atom. The molecule has 0 saturated heterocycles. The molecule has 0 N–H and O–H groups in total. The van der Waals surface area contributed by atoms with E-state index in [0.717, 1.165) is 111 Å². The normalized spacial score (nSPS) is 11.5. The van der Waals surface area contributed by atoms with Crippen molar-refractivity contribution in [1.82, 2.24) is 23.7 Å². The van der Waals surface area contributed by atoms with Crippen molar-refractivity contribution in [1.29, 1.82) is 10.5 Å². The largest absolute Gasteiger partial charge is 0.309 e. The Hall–Kier alpha value is -11.1. The minimum absolute atomic E-state index is 0.540. The molecule has 79 heavy (non-hydrogen) atoms. The third-order valence-electron chi connectivity index (χ3n) is 15.5. The molecule has 15 rings (SSSR count). The van der Waals surface area contributed by atoms with Crippen molar-refractivity contribution >= 4 is 65.4 Å². The van der Waals surface area contributed by atoms with Crippen molar-refractivity contribution in [3.63, 3.8) is 0 Å². The Kier molecular flexibility index (Phi) is 10.5. The molecule has 0 aliphatic heterocycles. The molecule has 0 unspecified atom stereocenters. The van der Waals surface area contributed by atoms with Gasteiger partial charge >= 0.3 is 0 Å². The molecule has 15 aromatic rings. The molecule has 0 saturated carbocycles. The molecule has 0 fully saturated rings. The molecular formula is C72H43N7. The first kappa shape index (κ1) is 45.3. The molecule has 7 heteroatoms. The van der Waals surface area contributed by atoms with Crippen LogP contribution >= 0.6 is 0 Å². The molecule has 11 aromatic carbocycles. The molecule has 366 valence electrons. The summed E-state index contributed by atoms with van der Waals surface area (Å²) in [4.78, 5) is 10.6. The predicted molar refractivity (Wildman–Crippen MR) is 322 cm³/mol. The number of fused-ring (bicyclic) bond motifs is 9. The molecule has 0 bridgehead atoms. The smallest absolute Gasteiger partial charge is 0.160 e. The van der Waals surface area contributed by atoms with E-state index >= 15 is 0 Å². The third-order valence-corrected chi connectivity index (χ3v) is 15.5. The number of hydrogen-bond donors (Lipinski definition) is 0. The molecule has 0 aliphatic rings. The number of para-hydroxylation sites is 4. The fourth-order valence-corrected chi connectivity index (χ4v) is 11.9. The molecule has 0 aliphatic carbocycles. The van der Waals surface area contributed by atoms with Gasteiger partial charge in [-0.25, -0.2) is 9.97 Å². The van der Waals surface area contributed by atoms with Gasteiger partial charge in [0.1, 0.15) is 0 Å². The molecule has 0 radical (unpaired) electrons. The SMILES string of the molecule is N#Cc1ccc2c(c1)c1cc(C#N)ccc1n2-c1c(-c2ccc(-n3c4ccccc4c4ccccc43)cc2)cc(-c2cc(-c3ccccc3)nc(-c3ccccc3)n2)cc1-c1ccc(-n2c3ccccc3c3ccccc32)cc1. The lowest BCUT2D eigenvalue weighted by Gasteiger charge is -2.22. The van der Waals surface area contributed by atoms with Crippen LogP contribution in [-0.2, 0) is 0 Å². The highest BCUT2D eigenvalue weighted by molar-refractivity contribution is 6.13. The number of aromatic nitrogens is 5. The highest BCUT2D eigenvalue weighted by Gasteiger charge is 2.24. The summed E-state index contributed by atoms with van der Waals surface area (Å²) in [6, 6.07) is 95.8. The fourth-order valence-electron chi connectivity index (χ4n) is 11.9. The van der Waals surface area contributed by atoms with E-state index in [-0.39, 0.29) is 0 Å². The Balaban J connectivity index is 1.04. The molecule has 7 nitrogen and oxygen atoms in total. The van der Waals surface area contributed by atoms with Crippen LogP contribution in [0.25, 0.3) is 139 Å². The maximum absolute atomic E-state index is 10.3. The third kappa shape index (κ3) is 7.41. The zero-order valence-corrected chi connectivity index (χ0v) is 42.5. The molecule has 0 spiro atoms. The standard InChI is InChI=1S/C72H43N7/c73-44-46-27-37-69-61(39-46)62-40-47(45-74)28-38-70(62)79(69)71-59(48-29-33-53(34-30-48)77-65-23-11-7-19-55(65)56-20-8-12-24-66(56)77)41-52(64-43-63(50-15-3-1-4-16-50)75-72(76-64)51-17-5-2-6-18-51)42-60(71)49-31-35-54(36-32-49)78-67-25-13-9-21-57(67)58-22-10-14-26-68(58)78/h1-43H. The van der Waals surface area contributed by atoms with Crippen LogP contribution < -0.4 is 0 Å². The quantitative estimate of drug-likeness (QED) is 0.152. The van der Waals surface area contributed by atoms with Crippen LogP contribution in [0.5, 0.6) is 0 Å². The van der Waals surface area contributed by atoms with Crippen molar-refractivity contribution in [2.75, 3.05) is 0 Å². The molecule has 4 aromatic heterocycles. The van der Waals surface area contributed by atoms with Gasteiger partial charge in [-0.15, -0.1) is 0 Å². The summed E-state index contributed by atoms with van der Waals surface area (Å²) in [6.07, 6.45) is 0. The first-order chi connectivity index (χ1) is 39.1. The second-order valence-electron chi connectivity index (χ2n) is 20.0. The fraction of sp³-hybridized carbons (Fsp3) is 0. The second-order valence-corrected chi connectivity index (χ2v) is 20.0. The maximum Gasteiger partial charge on any atom is 0.160 e. The summed E-state index contributed by atoms with van der Waals surface area (Å²) in [6.45, 7) is 0. The van der Waals surface area contributed by atoms with Crippen molar-refractivity contribution in [3.8, 4) is 85.4 Å². The average molecular weight is 1010 g/mol. The minimum atomic E-state index is 0.540. The van der Waals surface area contributed by atoms with Crippen molar-refractivity contribution < 1.29 is 0 Å². The van der Waals surface area contributed by atoms with Crippen LogP contribution in [0, 0.1) is 22.7 Å². The number of rotatable bonds is 8. The number of hydrogen-bond acceptors (Lipinski definition) is 4. The van der Waals surface area contributed by atoms with Crippen LogP contribution in [0.2, 0.25) is 0 Å². The van der Waals surface area contributed by atoms with E-state index in [4.69, 9.17) is 9.97 Å². The predicted octanol–water partition coefficient (Wildman–Crippen LogP) is 17.8. The summed E-state index contributed by atoms with van der Waals surface area (Å²) < 4.78 is 7.02. The number of nitriles is 2. The molecule has 4 heterocycles. The summed E-state index contributed by atoms with van der Waals surface area (Å²) in [5.41, 5.74) is 18.7. The van der Waals surface area contributed by atoms with Gasteiger partial charge in [-0.05, 0) is 114 Å². The Morgan fingerprint density at radius 1 is 0.278 bits per heavy atom. The van der Waals surface area contributed by atoms with Crippen LogP contribution in [-0.4, -0.2) is 23.7 Å². The van der Waals surface area contributed by atoms with E-state index in [9.17, 15) is 10.5 Å². The highest BCUT2D eigenvalue weighted by Crippen LogP contribution is 2.46. The van der Waals surface area contributed by atoms with Gasteiger partial charge in [0, 0.05) is 71.5 Å². The van der Waals surface area contributed by atoms with Crippen molar-refractivity contribution in [2.24, 2.45) is 0 Å². The number of benzene rings is 11. The van der Waals surface area contributed by atoms with Crippen LogP contribution in [0.3, 0.4) is 0 Å². The van der Waals surface area contributed by atoms with Gasteiger partial charge in [-0.3, -0.25) is 0 Å². The lowest BCUT2D eigenvalue weighted by molar-refractivity contribution is 1.16. The topological polar surface area (TPSA) is 88.2 Å². The van der Waals surface area contributed by atoms with Crippen LogP contribution in [0.4, 0.5) is 0 Å². The Bertz CT molecular complexity index is 4600. The van der Waals surface area contributed by atoms with Gasteiger partial charge in [0.15, 0.2) is 5.82 Å². The second kappa shape index (κ2) is 18.3. The molecule has 0 atom stereocenters. The Labute approximate surface area is 454 Å². The van der Waals surface area contributed by atoms with Gasteiger partial charge in [0.2, 0.25) is 0 Å². The summed E-state index contributed by atoms with van der Waals surface area (Å²) in [7, 11) is 0. The van der Waals surface area contributed by atoms with E-state index < -0.39 is 0 Å². The van der Waals surface area contributed by atoms with Gasteiger partial charge in [0.05, 0.1) is 73.4 Å². The summed E-state index contributed by atoms with van der Waals surface area (Å²) in [5, 5.41) is 27.2. The van der Waals surface area contributed by atoms with E-state index in [0.29, 0.717) is 17.0 Å². The Morgan fingerprint density at radius 2 is 0.646 bits per heavy atom. The maximum atomic E-state index is 10.3. The number of nitrogens with zero attached hydrogens (tertiary/aromatic N) is 7. The zero-order valence-electron chi connectivity index (χ0n) is 42.5. The molecule has 0 amide bonds. The first-order valence-electron chi connectivity index (χ1n) is 26.3. The van der Waals surface area contributed by atoms with Gasteiger partial charge < -0.3 is 13.7 Å². The van der Waals surface area contributed by atoms with Crippen molar-refractivity contribution in [3.05, 3.63) is 272 Å². The van der Waals surface area contributed by atoms with Crippen LogP contribution in [0.1, 0.15) is 11.1 Å². The first-order valence-corrected chi connectivity index (χ1v) is 26.3. The van der Waals surface area contributed by atoms with Gasteiger partial charge in [-0.1, -0.05) is 158 Å². The van der Waals surface area contributed by atoms with E-state index in [2.05, 4.69) is 214 Å². The molecular weight excluding hydrogens is 963 g/mol. The highest BCUT2D eigenvalue weighted by atomic mass is 15.0. The van der Waals surface area contributed by atoms with Crippen LogP contribution in [0.15, 0.2) is 261 Å². The lowest BCUT2D eigenvalue weighted by atomic mass is 9.91. The average Bonchev–Trinajstić information content (AvgIpc) is 4.26. The summed E-state index contributed by atoms with van der Waals surface area (Å²) >= 11 is 0. The van der Waals surface area contributed by atoms with E-state index in [1.165, 1.54) is 21.5 Å². The zero-order chi connectivity index (χ0) is 52.6.